The maximum atomic E-state index is 13.2. The molecule has 0 fully saturated rings. The monoisotopic (exact) mass is 490 g/mol. The van der Waals surface area contributed by atoms with Crippen LogP contribution < -0.4 is 4.74 Å². The topological polar surface area (TPSA) is 77.3 Å². The van der Waals surface area contributed by atoms with Crippen LogP contribution >= 0.6 is 15.9 Å². The number of amides is 2. The molecule has 8 heteroatoms. The average molecular weight is 491 g/mol. The third-order valence-electron chi connectivity index (χ3n) is 5.62. The summed E-state index contributed by atoms with van der Waals surface area (Å²) in [6.07, 6.45) is 2.21. The van der Waals surface area contributed by atoms with Gasteiger partial charge in [-0.3, -0.25) is 14.5 Å². The van der Waals surface area contributed by atoms with Crippen molar-refractivity contribution < 1.29 is 14.3 Å². The third kappa shape index (κ3) is 3.46. The number of fused-ring (bicyclic) bond motifs is 3. The number of halogens is 1. The van der Waals surface area contributed by atoms with Gasteiger partial charge in [0.2, 0.25) is 0 Å². The zero-order chi connectivity index (χ0) is 22.2. The largest absolute Gasteiger partial charge is 0.497 e. The lowest BCUT2D eigenvalue weighted by Gasteiger charge is -2.13. The lowest BCUT2D eigenvalue weighted by molar-refractivity contribution is 0.0656. The number of benzene rings is 2. The molecule has 0 atom stereocenters. The molecule has 7 nitrogen and oxygen atoms in total. The minimum Gasteiger partial charge on any atom is -0.497 e. The summed E-state index contributed by atoms with van der Waals surface area (Å²) >= 11 is 3.41. The third-order valence-corrected chi connectivity index (χ3v) is 6.19. The highest BCUT2D eigenvalue weighted by Gasteiger charge is 2.40. The van der Waals surface area contributed by atoms with E-state index in [1.165, 1.54) is 4.90 Å². The first-order valence-electron chi connectivity index (χ1n) is 10.1. The van der Waals surface area contributed by atoms with Crippen molar-refractivity contribution in [3.8, 4) is 5.75 Å². The number of imide groups is 1. The fourth-order valence-electron chi connectivity index (χ4n) is 3.95. The summed E-state index contributed by atoms with van der Waals surface area (Å²) in [5.74, 6) is 0.139. The van der Waals surface area contributed by atoms with Crippen LogP contribution in [0.1, 0.15) is 31.8 Å². The van der Waals surface area contributed by atoms with E-state index in [2.05, 4.69) is 26.0 Å². The predicted octanol–water partition coefficient (Wildman–Crippen LogP) is 4.09. The summed E-state index contributed by atoms with van der Waals surface area (Å²) < 4.78 is 7.29. The number of hydrogen-bond acceptors (Lipinski definition) is 5. The van der Waals surface area contributed by atoms with Crippen LogP contribution in [0.2, 0.25) is 0 Å². The van der Waals surface area contributed by atoms with Crippen LogP contribution in [0.15, 0.2) is 65.4 Å². The molecule has 4 aromatic rings. The Kier molecular flexibility index (Phi) is 5.22. The quantitative estimate of drug-likeness (QED) is 0.300. The Labute approximate surface area is 192 Å². The van der Waals surface area contributed by atoms with Gasteiger partial charge in [0.05, 0.1) is 36.4 Å². The Morgan fingerprint density at radius 1 is 0.938 bits per heavy atom. The van der Waals surface area contributed by atoms with E-state index in [1.807, 2.05) is 54.6 Å². The van der Waals surface area contributed by atoms with Crippen molar-refractivity contribution in [3.63, 3.8) is 0 Å². The van der Waals surface area contributed by atoms with Crippen LogP contribution in [0.4, 0.5) is 0 Å². The van der Waals surface area contributed by atoms with E-state index in [0.717, 1.165) is 16.9 Å². The van der Waals surface area contributed by atoms with Gasteiger partial charge >= 0.3 is 0 Å². The second-order valence-electron chi connectivity index (χ2n) is 7.54. The number of ether oxygens (including phenoxy) is 1. The normalized spacial score (nSPS) is 13.1. The van der Waals surface area contributed by atoms with Gasteiger partial charge in [-0.2, -0.15) is 5.10 Å². The lowest BCUT2D eigenvalue weighted by Crippen LogP contribution is -2.31. The second kappa shape index (κ2) is 8.20. The van der Waals surface area contributed by atoms with Crippen LogP contribution in [0.5, 0.6) is 5.75 Å². The molecular formula is C24H19BrN4O3. The number of aromatic nitrogens is 3. The highest BCUT2D eigenvalue weighted by Crippen LogP contribution is 2.34. The fourth-order valence-corrected chi connectivity index (χ4v) is 4.48. The van der Waals surface area contributed by atoms with Crippen LogP contribution in [-0.4, -0.2) is 45.1 Å². The summed E-state index contributed by atoms with van der Waals surface area (Å²) in [6.45, 7) is 0.788. The van der Waals surface area contributed by atoms with Gasteiger partial charge in [0.25, 0.3) is 11.8 Å². The van der Waals surface area contributed by atoms with Gasteiger partial charge in [-0.15, -0.1) is 0 Å². The number of nitrogens with zero attached hydrogens (tertiary/aromatic N) is 4. The summed E-state index contributed by atoms with van der Waals surface area (Å²) in [5.41, 5.74) is 3.30. The Morgan fingerprint density at radius 3 is 2.38 bits per heavy atom. The smallest absolute Gasteiger partial charge is 0.264 e. The first-order valence-corrected chi connectivity index (χ1v) is 10.9. The van der Waals surface area contributed by atoms with E-state index in [-0.39, 0.29) is 11.8 Å². The molecular weight excluding hydrogens is 472 g/mol. The van der Waals surface area contributed by atoms with Gasteiger partial charge in [0, 0.05) is 6.54 Å². The highest BCUT2D eigenvalue weighted by molar-refractivity contribution is 9.10. The molecule has 0 N–H and O–H groups in total. The van der Waals surface area contributed by atoms with Gasteiger partial charge < -0.3 is 4.74 Å². The van der Waals surface area contributed by atoms with Crippen LogP contribution in [0.25, 0.3) is 11.0 Å². The average Bonchev–Trinajstić information content (AvgIpc) is 3.32. The van der Waals surface area contributed by atoms with Crippen LogP contribution in [0.3, 0.4) is 0 Å². The molecule has 32 heavy (non-hydrogen) atoms. The highest BCUT2D eigenvalue weighted by atomic mass is 79.9. The fraction of sp³-hybridized carbons (Fsp3) is 0.167. The molecule has 0 radical (unpaired) electrons. The summed E-state index contributed by atoms with van der Waals surface area (Å²) in [4.78, 5) is 32.1. The SMILES string of the molecule is COc1ccc(Cn2ncc3c4c(c(Br)nc32)C(=O)N(CCc2ccccc2)C4=O)cc1. The minimum absolute atomic E-state index is 0.305. The van der Waals surface area contributed by atoms with Crippen molar-refractivity contribution in [1.29, 1.82) is 0 Å². The number of hydrogen-bond donors (Lipinski definition) is 0. The van der Waals surface area contributed by atoms with E-state index in [4.69, 9.17) is 4.74 Å². The minimum atomic E-state index is -0.329. The van der Waals surface area contributed by atoms with Crippen LogP contribution in [-0.2, 0) is 13.0 Å². The van der Waals surface area contributed by atoms with Gasteiger partial charge in [0.15, 0.2) is 5.65 Å². The van der Waals surface area contributed by atoms with Crippen molar-refractivity contribution in [3.05, 3.63) is 87.7 Å². The molecule has 0 aliphatic carbocycles. The summed E-state index contributed by atoms with van der Waals surface area (Å²) in [6, 6.07) is 17.5. The molecule has 0 unspecified atom stereocenters. The van der Waals surface area contributed by atoms with E-state index >= 15 is 0 Å². The molecule has 1 aliphatic rings. The van der Waals surface area contributed by atoms with Crippen molar-refractivity contribution in [1.82, 2.24) is 19.7 Å². The molecule has 2 amide bonds. The molecule has 160 valence electrons. The van der Waals surface area contributed by atoms with E-state index in [9.17, 15) is 9.59 Å². The molecule has 0 saturated heterocycles. The molecule has 1 aliphatic heterocycles. The zero-order valence-corrected chi connectivity index (χ0v) is 18.9. The van der Waals surface area contributed by atoms with Gasteiger partial charge in [-0.05, 0) is 45.6 Å². The molecule has 5 rings (SSSR count). The van der Waals surface area contributed by atoms with Crippen LogP contribution in [0, 0.1) is 0 Å². The van der Waals surface area contributed by atoms with E-state index in [0.29, 0.717) is 46.3 Å². The molecule has 3 heterocycles. The molecule has 0 saturated carbocycles. The Balaban J connectivity index is 1.47. The Bertz CT molecular complexity index is 1330. The van der Waals surface area contributed by atoms with E-state index < -0.39 is 0 Å². The van der Waals surface area contributed by atoms with Crippen molar-refractivity contribution in [2.24, 2.45) is 0 Å². The number of carbonyl (C=O) groups is 2. The Morgan fingerprint density at radius 2 is 1.66 bits per heavy atom. The molecule has 0 spiro atoms. The lowest BCUT2D eigenvalue weighted by atomic mass is 10.1. The molecule has 2 aromatic carbocycles. The number of pyridine rings is 1. The van der Waals surface area contributed by atoms with Crippen molar-refractivity contribution >= 4 is 38.8 Å². The maximum Gasteiger partial charge on any atom is 0.264 e. The van der Waals surface area contributed by atoms with Gasteiger partial charge in [-0.1, -0.05) is 42.5 Å². The first kappa shape index (κ1) is 20.4. The van der Waals surface area contributed by atoms with E-state index in [1.54, 1.807) is 18.0 Å². The van der Waals surface area contributed by atoms with Gasteiger partial charge in [-0.25, -0.2) is 9.67 Å². The number of methoxy groups -OCH3 is 1. The van der Waals surface area contributed by atoms with Crippen molar-refractivity contribution in [2.45, 2.75) is 13.0 Å². The molecule has 0 bridgehead atoms. The summed E-state index contributed by atoms with van der Waals surface area (Å²) in [7, 11) is 1.62. The summed E-state index contributed by atoms with van der Waals surface area (Å²) in [5, 5.41) is 5.03. The van der Waals surface area contributed by atoms with Gasteiger partial charge in [0.1, 0.15) is 10.4 Å². The first-order chi connectivity index (χ1) is 15.6. The zero-order valence-electron chi connectivity index (χ0n) is 17.3. The van der Waals surface area contributed by atoms with Crippen molar-refractivity contribution in [2.75, 3.05) is 13.7 Å². The Hall–Kier alpha value is -3.52. The second-order valence-corrected chi connectivity index (χ2v) is 8.29. The number of carbonyl (C=O) groups excluding carboxylic acids is 2. The molecule has 2 aromatic heterocycles. The standard InChI is InChI=1S/C24H19BrN4O3/c1-32-17-9-7-16(8-10-17)14-29-22-18(13-26-29)19-20(21(25)27-22)24(31)28(23(19)30)12-11-15-5-3-2-4-6-15/h2-10,13H,11-12,14H2,1H3. The maximum absolute atomic E-state index is 13.2. The number of rotatable bonds is 6. The predicted molar refractivity (Wildman–Crippen MR) is 123 cm³/mol.